The van der Waals surface area contributed by atoms with Crippen LogP contribution in [0.5, 0.6) is 0 Å². The number of nitrogens with one attached hydrogen (secondary N) is 2. The van der Waals surface area contributed by atoms with Crippen molar-refractivity contribution in [1.82, 2.24) is 14.6 Å². The first-order valence-corrected chi connectivity index (χ1v) is 13.0. The van der Waals surface area contributed by atoms with E-state index in [0.29, 0.717) is 23.4 Å². The standard InChI is InChI=1S/C26H33N3O2S/c1-26(2,3)19-12-22-21-10-17(14-28-32(30,31)20-8-6-5-7-9-20)16-29(4)24(21)11-18-15-27-23(13-19)25(18)22/h5-9,12-13,15,17,21,24,27-28H,10-11,14,16H2,1-4H3/t17-,21+,24-/m0/s1. The van der Waals surface area contributed by atoms with Gasteiger partial charge in [-0.05, 0) is 66.1 Å². The van der Waals surface area contributed by atoms with Gasteiger partial charge in [-0.25, -0.2) is 13.1 Å². The smallest absolute Gasteiger partial charge is 0.240 e. The molecule has 0 amide bonds. The summed E-state index contributed by atoms with van der Waals surface area (Å²) in [6, 6.07) is 13.8. The SMILES string of the molecule is CN1C[C@H](CNS(=O)(=O)c2ccccc2)C[C@@H]2c3cc(C(C)(C)C)cc4[nH]cc(c34)C[C@@H]21. The number of aromatic nitrogens is 1. The summed E-state index contributed by atoms with van der Waals surface area (Å²) in [4.78, 5) is 6.30. The Balaban J connectivity index is 1.44. The lowest BCUT2D eigenvalue weighted by Crippen LogP contribution is -2.50. The van der Waals surface area contributed by atoms with Gasteiger partial charge in [0.2, 0.25) is 10.0 Å². The van der Waals surface area contributed by atoms with Crippen LogP contribution in [0.2, 0.25) is 0 Å². The van der Waals surface area contributed by atoms with Crippen LogP contribution in [0, 0.1) is 5.92 Å². The first-order valence-electron chi connectivity index (χ1n) is 11.5. The molecule has 1 aliphatic heterocycles. The van der Waals surface area contributed by atoms with Gasteiger partial charge in [0.15, 0.2) is 0 Å². The summed E-state index contributed by atoms with van der Waals surface area (Å²) >= 11 is 0. The topological polar surface area (TPSA) is 65.2 Å². The number of likely N-dealkylation sites (N-methyl/N-ethyl adjacent to an activating group) is 1. The highest BCUT2D eigenvalue weighted by atomic mass is 32.2. The third-order valence-corrected chi connectivity index (χ3v) is 8.81. The second-order valence-electron chi connectivity index (χ2n) is 10.6. The number of H-pyrrole nitrogens is 1. The highest BCUT2D eigenvalue weighted by Gasteiger charge is 2.40. The first-order chi connectivity index (χ1) is 15.1. The van der Waals surface area contributed by atoms with Gasteiger partial charge >= 0.3 is 0 Å². The Labute approximate surface area is 191 Å². The Morgan fingerprint density at radius 2 is 1.91 bits per heavy atom. The highest BCUT2D eigenvalue weighted by molar-refractivity contribution is 7.89. The monoisotopic (exact) mass is 451 g/mol. The van der Waals surface area contributed by atoms with Gasteiger partial charge in [0.1, 0.15) is 0 Å². The van der Waals surface area contributed by atoms with Gasteiger partial charge in [-0.1, -0.05) is 45.0 Å². The van der Waals surface area contributed by atoms with E-state index in [4.69, 9.17) is 0 Å². The molecule has 2 aliphatic rings. The van der Waals surface area contributed by atoms with Crippen molar-refractivity contribution in [3.63, 3.8) is 0 Å². The van der Waals surface area contributed by atoms with Crippen LogP contribution in [-0.4, -0.2) is 44.5 Å². The molecule has 0 unspecified atom stereocenters. The Hall–Kier alpha value is -2.15. The van der Waals surface area contributed by atoms with Gasteiger partial charge < -0.3 is 9.88 Å². The third kappa shape index (κ3) is 3.78. The van der Waals surface area contributed by atoms with E-state index in [1.807, 2.05) is 6.07 Å². The zero-order chi connectivity index (χ0) is 22.7. The van der Waals surface area contributed by atoms with Crippen LogP contribution in [0.3, 0.4) is 0 Å². The van der Waals surface area contributed by atoms with Crippen LogP contribution in [0.4, 0.5) is 0 Å². The lowest BCUT2D eigenvalue weighted by molar-refractivity contribution is 0.113. The zero-order valence-electron chi connectivity index (χ0n) is 19.4. The van der Waals surface area contributed by atoms with Crippen molar-refractivity contribution in [2.75, 3.05) is 20.1 Å². The van der Waals surface area contributed by atoms with Crippen LogP contribution in [0.1, 0.15) is 49.8 Å². The Bertz CT molecular complexity index is 1240. The molecule has 1 saturated heterocycles. The Kier molecular flexibility index (Phi) is 5.23. The van der Waals surface area contributed by atoms with E-state index in [9.17, 15) is 8.42 Å². The van der Waals surface area contributed by atoms with Gasteiger partial charge in [-0.2, -0.15) is 0 Å². The minimum absolute atomic E-state index is 0.0776. The lowest BCUT2D eigenvalue weighted by Gasteiger charge is -2.46. The molecule has 0 saturated carbocycles. The molecule has 5 nitrogen and oxygen atoms in total. The fourth-order valence-corrected chi connectivity index (χ4v) is 6.75. The molecule has 6 heteroatoms. The maximum absolute atomic E-state index is 12.7. The number of sulfonamides is 1. The molecule has 170 valence electrons. The average molecular weight is 452 g/mol. The quantitative estimate of drug-likeness (QED) is 0.618. The maximum Gasteiger partial charge on any atom is 0.240 e. The Morgan fingerprint density at radius 3 is 2.62 bits per heavy atom. The minimum Gasteiger partial charge on any atom is -0.361 e. The number of piperidine rings is 1. The molecule has 32 heavy (non-hydrogen) atoms. The predicted octanol–water partition coefficient (Wildman–Crippen LogP) is 4.40. The molecule has 2 N–H and O–H groups in total. The molecule has 2 heterocycles. The van der Waals surface area contributed by atoms with Crippen molar-refractivity contribution in [3.05, 3.63) is 65.4 Å². The Morgan fingerprint density at radius 1 is 1.16 bits per heavy atom. The number of rotatable bonds is 4. The summed E-state index contributed by atoms with van der Waals surface area (Å²) < 4.78 is 28.4. The van der Waals surface area contributed by atoms with Crippen molar-refractivity contribution in [3.8, 4) is 0 Å². The van der Waals surface area contributed by atoms with Crippen LogP contribution in [0.25, 0.3) is 10.9 Å². The summed E-state index contributed by atoms with van der Waals surface area (Å²) in [7, 11) is -1.29. The van der Waals surface area contributed by atoms with Gasteiger partial charge in [0, 0.05) is 42.1 Å². The average Bonchev–Trinajstić information content (AvgIpc) is 3.17. The molecule has 3 aromatic rings. The van der Waals surface area contributed by atoms with E-state index in [-0.39, 0.29) is 11.3 Å². The summed E-state index contributed by atoms with van der Waals surface area (Å²) in [5.74, 6) is 0.682. The molecule has 3 atom stereocenters. The molecule has 1 aliphatic carbocycles. The predicted molar refractivity (Wildman–Crippen MR) is 130 cm³/mol. The van der Waals surface area contributed by atoms with Crippen molar-refractivity contribution in [2.24, 2.45) is 5.92 Å². The molecule has 0 bridgehead atoms. The number of aromatic amines is 1. The first kappa shape index (κ1) is 21.7. The molecular weight excluding hydrogens is 418 g/mol. The third-order valence-electron chi connectivity index (χ3n) is 7.37. The number of fused-ring (bicyclic) bond motifs is 2. The van der Waals surface area contributed by atoms with Crippen molar-refractivity contribution in [1.29, 1.82) is 0 Å². The van der Waals surface area contributed by atoms with Gasteiger partial charge in [0.25, 0.3) is 0 Å². The van der Waals surface area contributed by atoms with E-state index >= 15 is 0 Å². The number of hydrogen-bond acceptors (Lipinski definition) is 3. The van der Waals surface area contributed by atoms with Crippen LogP contribution in [0.15, 0.2) is 53.6 Å². The van der Waals surface area contributed by atoms with E-state index in [1.54, 1.807) is 24.3 Å². The van der Waals surface area contributed by atoms with E-state index < -0.39 is 10.0 Å². The maximum atomic E-state index is 12.7. The minimum atomic E-state index is -3.49. The van der Waals surface area contributed by atoms with Crippen molar-refractivity contribution in [2.45, 2.75) is 55.9 Å². The fourth-order valence-electron chi connectivity index (χ4n) is 5.62. The van der Waals surface area contributed by atoms with Crippen LogP contribution in [-0.2, 0) is 21.9 Å². The zero-order valence-corrected chi connectivity index (χ0v) is 20.2. The van der Waals surface area contributed by atoms with Crippen molar-refractivity contribution >= 4 is 20.9 Å². The van der Waals surface area contributed by atoms with Gasteiger partial charge in [-0.3, -0.25) is 0 Å². The molecule has 0 radical (unpaired) electrons. The molecule has 1 aromatic heterocycles. The number of likely N-dealkylation sites (tertiary alicyclic amines) is 1. The summed E-state index contributed by atoms with van der Waals surface area (Å²) in [5, 5.41) is 1.39. The highest BCUT2D eigenvalue weighted by Crippen LogP contribution is 2.45. The largest absolute Gasteiger partial charge is 0.361 e. The molecule has 5 rings (SSSR count). The second-order valence-corrected chi connectivity index (χ2v) is 12.4. The molecule has 2 aromatic carbocycles. The second kappa shape index (κ2) is 7.72. The number of nitrogens with zero attached hydrogens (tertiary/aromatic N) is 1. The molecule has 0 spiro atoms. The summed E-state index contributed by atoms with van der Waals surface area (Å²) in [6.07, 6.45) is 4.23. The van der Waals surface area contributed by atoms with E-state index in [2.05, 4.69) is 60.8 Å². The number of hydrogen-bond donors (Lipinski definition) is 2. The lowest BCUT2D eigenvalue weighted by atomic mass is 9.71. The van der Waals surface area contributed by atoms with Crippen LogP contribution >= 0.6 is 0 Å². The summed E-state index contributed by atoms with van der Waals surface area (Å²) in [6.45, 7) is 8.16. The fraction of sp³-hybridized carbons (Fsp3) is 0.462. The number of benzene rings is 2. The van der Waals surface area contributed by atoms with Gasteiger partial charge in [0.05, 0.1) is 4.90 Å². The molecular formula is C26H33N3O2S. The normalized spacial score (nSPS) is 23.9. The van der Waals surface area contributed by atoms with E-state index in [0.717, 1.165) is 19.4 Å². The summed E-state index contributed by atoms with van der Waals surface area (Å²) in [5.41, 5.74) is 5.50. The van der Waals surface area contributed by atoms with E-state index in [1.165, 1.54) is 27.6 Å². The van der Waals surface area contributed by atoms with Crippen molar-refractivity contribution < 1.29 is 8.42 Å². The molecule has 1 fully saturated rings. The van der Waals surface area contributed by atoms with Crippen LogP contribution < -0.4 is 4.72 Å². The van der Waals surface area contributed by atoms with Gasteiger partial charge in [-0.15, -0.1) is 0 Å².